The summed E-state index contributed by atoms with van der Waals surface area (Å²) in [6.07, 6.45) is 0.536. The molecule has 0 aliphatic rings. The van der Waals surface area contributed by atoms with Gasteiger partial charge in [0, 0.05) is 22.1 Å². The number of hydrogen-bond donors (Lipinski definition) is 2. The van der Waals surface area contributed by atoms with Gasteiger partial charge in [-0.1, -0.05) is 29.8 Å². The number of rotatable bonds is 6. The first-order valence-corrected chi connectivity index (χ1v) is 9.22. The lowest BCUT2D eigenvalue weighted by atomic mass is 9.90. The fourth-order valence-corrected chi connectivity index (χ4v) is 4.51. The Kier molecular flexibility index (Phi) is 6.22. The molecule has 20 heavy (non-hydrogen) atoms. The van der Waals surface area contributed by atoms with Crippen LogP contribution >= 0.6 is 31.9 Å². The Morgan fingerprint density at radius 1 is 1.25 bits per heavy atom. The zero-order valence-electron chi connectivity index (χ0n) is 11.7. The number of aliphatic hydroxyl groups excluding tert-OH is 1. The van der Waals surface area contributed by atoms with Gasteiger partial charge in [0.2, 0.25) is 10.0 Å². The minimum Gasteiger partial charge on any atom is -0.396 e. The van der Waals surface area contributed by atoms with Crippen molar-refractivity contribution in [3.05, 3.63) is 26.6 Å². The van der Waals surface area contributed by atoms with Crippen LogP contribution in [0.15, 0.2) is 26.0 Å². The van der Waals surface area contributed by atoms with Crippen LogP contribution in [0, 0.1) is 12.3 Å². The molecule has 1 aromatic carbocycles. The molecule has 0 fully saturated rings. The Balaban J connectivity index is 2.98. The van der Waals surface area contributed by atoms with Crippen molar-refractivity contribution in [2.75, 3.05) is 13.2 Å². The highest BCUT2D eigenvalue weighted by molar-refractivity contribution is 9.11. The topological polar surface area (TPSA) is 66.4 Å². The molecule has 2 N–H and O–H groups in total. The molecule has 0 unspecified atom stereocenters. The van der Waals surface area contributed by atoms with E-state index in [4.69, 9.17) is 5.11 Å². The number of aryl methyl sites for hydroxylation is 1. The first-order chi connectivity index (χ1) is 9.09. The third kappa shape index (κ3) is 4.80. The molecule has 7 heteroatoms. The molecule has 0 aliphatic carbocycles. The predicted octanol–water partition coefficient (Wildman–Crippen LogP) is 3.21. The smallest absolute Gasteiger partial charge is 0.241 e. The number of halogens is 2. The van der Waals surface area contributed by atoms with Crippen molar-refractivity contribution in [3.8, 4) is 0 Å². The van der Waals surface area contributed by atoms with Crippen molar-refractivity contribution in [2.24, 2.45) is 5.41 Å². The molecule has 1 aromatic rings. The highest BCUT2D eigenvalue weighted by atomic mass is 79.9. The zero-order valence-corrected chi connectivity index (χ0v) is 15.7. The van der Waals surface area contributed by atoms with E-state index in [0.29, 0.717) is 10.9 Å². The van der Waals surface area contributed by atoms with Crippen LogP contribution in [0.25, 0.3) is 0 Å². The van der Waals surface area contributed by atoms with Crippen molar-refractivity contribution in [2.45, 2.75) is 32.1 Å². The van der Waals surface area contributed by atoms with Crippen LogP contribution in [0.2, 0.25) is 0 Å². The Morgan fingerprint density at radius 2 is 1.85 bits per heavy atom. The Bertz CT molecular complexity index is 586. The molecule has 0 atom stereocenters. The molecule has 0 bridgehead atoms. The summed E-state index contributed by atoms with van der Waals surface area (Å²) in [5.41, 5.74) is 0.660. The van der Waals surface area contributed by atoms with Crippen molar-refractivity contribution < 1.29 is 13.5 Å². The van der Waals surface area contributed by atoms with Gasteiger partial charge in [-0.15, -0.1) is 0 Å². The van der Waals surface area contributed by atoms with E-state index in [2.05, 4.69) is 36.6 Å². The molecule has 0 aliphatic heterocycles. The summed E-state index contributed by atoms with van der Waals surface area (Å²) in [6, 6.07) is 3.35. The lowest BCUT2D eigenvalue weighted by molar-refractivity contribution is 0.213. The average Bonchev–Trinajstić information content (AvgIpc) is 2.31. The zero-order chi connectivity index (χ0) is 15.6. The molecule has 0 saturated carbocycles. The number of aliphatic hydroxyl groups is 1. The minimum atomic E-state index is -3.59. The van der Waals surface area contributed by atoms with Gasteiger partial charge < -0.3 is 5.11 Å². The van der Waals surface area contributed by atoms with Crippen molar-refractivity contribution >= 4 is 41.9 Å². The Morgan fingerprint density at radius 3 is 2.40 bits per heavy atom. The monoisotopic (exact) mass is 427 g/mol. The maximum absolute atomic E-state index is 12.3. The van der Waals surface area contributed by atoms with E-state index in [9.17, 15) is 8.42 Å². The summed E-state index contributed by atoms with van der Waals surface area (Å²) in [4.78, 5) is 0.203. The van der Waals surface area contributed by atoms with Gasteiger partial charge in [-0.3, -0.25) is 0 Å². The maximum atomic E-state index is 12.3. The van der Waals surface area contributed by atoms with Gasteiger partial charge >= 0.3 is 0 Å². The van der Waals surface area contributed by atoms with E-state index in [1.165, 1.54) is 0 Å². The molecular formula is C13H19Br2NO3S. The molecule has 1 rings (SSSR count). The molecular weight excluding hydrogens is 410 g/mol. The van der Waals surface area contributed by atoms with E-state index in [1.807, 2.05) is 20.8 Å². The summed E-state index contributed by atoms with van der Waals surface area (Å²) in [7, 11) is -3.59. The highest BCUT2D eigenvalue weighted by Gasteiger charge is 2.24. The first kappa shape index (κ1) is 18.1. The largest absolute Gasteiger partial charge is 0.396 e. The summed E-state index contributed by atoms with van der Waals surface area (Å²) >= 11 is 6.63. The van der Waals surface area contributed by atoms with Crippen molar-refractivity contribution in [1.82, 2.24) is 4.72 Å². The second-order valence-electron chi connectivity index (χ2n) is 5.49. The lowest BCUT2D eigenvalue weighted by Crippen LogP contribution is -2.34. The summed E-state index contributed by atoms with van der Waals surface area (Å²) in [5.74, 6) is 0. The molecule has 0 amide bonds. The van der Waals surface area contributed by atoms with Gasteiger partial charge in [-0.25, -0.2) is 13.1 Å². The van der Waals surface area contributed by atoms with Gasteiger partial charge in [0.05, 0.1) is 4.90 Å². The Labute approximate surface area is 137 Å². The van der Waals surface area contributed by atoms with E-state index in [1.54, 1.807) is 12.1 Å². The van der Waals surface area contributed by atoms with E-state index >= 15 is 0 Å². The third-order valence-corrected chi connectivity index (χ3v) is 6.25. The standard InChI is InChI=1S/C13H19Br2NO3S/c1-9-6-11(15)12(7-10(9)14)20(18,19)16-8-13(2,3)4-5-17/h6-7,16-17H,4-5,8H2,1-3H3. The highest BCUT2D eigenvalue weighted by Crippen LogP contribution is 2.29. The molecule has 0 heterocycles. The van der Waals surface area contributed by atoms with Gasteiger partial charge in [0.25, 0.3) is 0 Å². The molecule has 0 radical (unpaired) electrons. The van der Waals surface area contributed by atoms with E-state index in [0.717, 1.165) is 10.0 Å². The fourth-order valence-electron chi connectivity index (χ4n) is 1.59. The van der Waals surface area contributed by atoms with Crippen LogP contribution in [0.4, 0.5) is 0 Å². The molecule has 0 spiro atoms. The molecule has 0 saturated heterocycles. The quantitative estimate of drug-likeness (QED) is 0.730. The molecule has 0 aromatic heterocycles. The van der Waals surface area contributed by atoms with Crippen LogP contribution in [-0.2, 0) is 10.0 Å². The average molecular weight is 429 g/mol. The first-order valence-electron chi connectivity index (χ1n) is 6.15. The third-order valence-electron chi connectivity index (χ3n) is 3.03. The normalized spacial score (nSPS) is 12.7. The second-order valence-corrected chi connectivity index (χ2v) is 8.94. The number of nitrogens with one attached hydrogen (secondary N) is 1. The van der Waals surface area contributed by atoms with Crippen LogP contribution in [-0.4, -0.2) is 26.7 Å². The van der Waals surface area contributed by atoms with Gasteiger partial charge in [-0.05, 0) is 52.4 Å². The predicted molar refractivity (Wildman–Crippen MR) is 87.3 cm³/mol. The van der Waals surface area contributed by atoms with Crippen LogP contribution in [0.1, 0.15) is 25.8 Å². The summed E-state index contributed by atoms with van der Waals surface area (Å²) in [6.45, 7) is 6.02. The fraction of sp³-hybridized carbons (Fsp3) is 0.538. The van der Waals surface area contributed by atoms with Crippen LogP contribution in [0.5, 0.6) is 0 Å². The van der Waals surface area contributed by atoms with Gasteiger partial charge in [0.15, 0.2) is 0 Å². The summed E-state index contributed by atoms with van der Waals surface area (Å²) in [5, 5.41) is 8.97. The maximum Gasteiger partial charge on any atom is 0.241 e. The minimum absolute atomic E-state index is 0.0362. The molecule has 114 valence electrons. The number of benzene rings is 1. The summed E-state index contributed by atoms with van der Waals surface area (Å²) < 4.78 is 28.6. The van der Waals surface area contributed by atoms with E-state index in [-0.39, 0.29) is 23.5 Å². The number of hydrogen-bond acceptors (Lipinski definition) is 3. The van der Waals surface area contributed by atoms with Gasteiger partial charge in [0.1, 0.15) is 0 Å². The SMILES string of the molecule is Cc1cc(Br)c(S(=O)(=O)NCC(C)(C)CCO)cc1Br. The van der Waals surface area contributed by atoms with Crippen LogP contribution in [0.3, 0.4) is 0 Å². The van der Waals surface area contributed by atoms with Crippen LogP contribution < -0.4 is 4.72 Å². The second kappa shape index (κ2) is 6.87. The van der Waals surface area contributed by atoms with E-state index < -0.39 is 10.0 Å². The van der Waals surface area contributed by atoms with Crippen molar-refractivity contribution in [3.63, 3.8) is 0 Å². The number of sulfonamides is 1. The lowest BCUT2D eigenvalue weighted by Gasteiger charge is -2.24. The van der Waals surface area contributed by atoms with Crippen molar-refractivity contribution in [1.29, 1.82) is 0 Å². The van der Waals surface area contributed by atoms with Gasteiger partial charge in [-0.2, -0.15) is 0 Å². The Hall–Kier alpha value is 0.0500. The molecule has 4 nitrogen and oxygen atoms in total.